The number of piperazine rings is 1. The lowest BCUT2D eigenvalue weighted by Crippen LogP contribution is -2.43. The van der Waals surface area contributed by atoms with Crippen LogP contribution in [0, 0.1) is 0 Å². The van der Waals surface area contributed by atoms with E-state index in [1.807, 2.05) is 18.2 Å². The number of benzene rings is 1. The van der Waals surface area contributed by atoms with Crippen LogP contribution >= 0.6 is 0 Å². The normalized spacial score (nSPS) is 16.9. The molecule has 4 nitrogen and oxygen atoms in total. The summed E-state index contributed by atoms with van der Waals surface area (Å²) in [5.74, 6) is 1.20. The molecular weight excluding hydrogens is 200 g/mol. The van der Waals surface area contributed by atoms with Crippen molar-refractivity contribution in [1.82, 2.24) is 10.3 Å². The highest BCUT2D eigenvalue weighted by Crippen LogP contribution is 2.23. The van der Waals surface area contributed by atoms with Gasteiger partial charge in [0.15, 0.2) is 0 Å². The van der Waals surface area contributed by atoms with E-state index in [9.17, 15) is 0 Å². The highest BCUT2D eigenvalue weighted by atomic mass is 15.2. The number of H-pyrrole nitrogens is 1. The minimum Gasteiger partial charge on any atom is -0.399 e. The number of hydrogen-bond acceptors (Lipinski definition) is 3. The summed E-state index contributed by atoms with van der Waals surface area (Å²) >= 11 is 0. The third-order valence-corrected chi connectivity index (χ3v) is 3.09. The Hall–Kier alpha value is -1.68. The van der Waals surface area contributed by atoms with E-state index in [0.717, 1.165) is 37.4 Å². The first-order chi connectivity index (χ1) is 7.83. The van der Waals surface area contributed by atoms with Gasteiger partial charge in [-0.05, 0) is 24.3 Å². The maximum atomic E-state index is 5.77. The van der Waals surface area contributed by atoms with E-state index in [-0.39, 0.29) is 0 Å². The molecule has 1 saturated heterocycles. The van der Waals surface area contributed by atoms with Gasteiger partial charge < -0.3 is 20.9 Å². The fourth-order valence-electron chi connectivity index (χ4n) is 2.21. The van der Waals surface area contributed by atoms with E-state index in [2.05, 4.69) is 21.3 Å². The van der Waals surface area contributed by atoms with E-state index >= 15 is 0 Å². The SMILES string of the molecule is Nc1ccc2[nH]c(N3CCNCC3)cc2c1. The zero-order valence-corrected chi connectivity index (χ0v) is 9.16. The van der Waals surface area contributed by atoms with Crippen molar-refractivity contribution in [3.05, 3.63) is 24.3 Å². The van der Waals surface area contributed by atoms with Crippen LogP contribution in [0.4, 0.5) is 11.5 Å². The number of fused-ring (bicyclic) bond motifs is 1. The van der Waals surface area contributed by atoms with Crippen LogP contribution in [0.5, 0.6) is 0 Å². The van der Waals surface area contributed by atoms with E-state index in [1.165, 1.54) is 11.2 Å². The van der Waals surface area contributed by atoms with Gasteiger partial charge >= 0.3 is 0 Å². The lowest BCUT2D eigenvalue weighted by Gasteiger charge is -2.27. The van der Waals surface area contributed by atoms with Gasteiger partial charge in [-0.1, -0.05) is 0 Å². The number of aromatic amines is 1. The van der Waals surface area contributed by atoms with Crippen LogP contribution in [0.3, 0.4) is 0 Å². The molecule has 0 bridgehead atoms. The molecule has 84 valence electrons. The molecule has 0 amide bonds. The molecule has 0 spiro atoms. The molecule has 1 aromatic heterocycles. The predicted molar refractivity (Wildman–Crippen MR) is 67.8 cm³/mol. The van der Waals surface area contributed by atoms with Crippen LogP contribution in [0.25, 0.3) is 10.9 Å². The van der Waals surface area contributed by atoms with Crippen molar-refractivity contribution in [2.75, 3.05) is 36.8 Å². The number of nitrogen functional groups attached to an aromatic ring is 1. The van der Waals surface area contributed by atoms with Crippen molar-refractivity contribution in [3.8, 4) is 0 Å². The molecular formula is C12H16N4. The summed E-state index contributed by atoms with van der Waals surface area (Å²) in [6.45, 7) is 4.22. The van der Waals surface area contributed by atoms with E-state index in [4.69, 9.17) is 5.73 Å². The van der Waals surface area contributed by atoms with Gasteiger partial charge in [0, 0.05) is 42.8 Å². The summed E-state index contributed by atoms with van der Waals surface area (Å²) in [5, 5.41) is 4.54. The van der Waals surface area contributed by atoms with Crippen molar-refractivity contribution in [2.24, 2.45) is 0 Å². The molecule has 2 heterocycles. The van der Waals surface area contributed by atoms with Crippen LogP contribution in [-0.4, -0.2) is 31.2 Å². The quantitative estimate of drug-likeness (QED) is 0.627. The summed E-state index contributed by atoms with van der Waals surface area (Å²) in [6, 6.07) is 8.16. The zero-order chi connectivity index (χ0) is 11.0. The van der Waals surface area contributed by atoms with Gasteiger partial charge in [-0.25, -0.2) is 0 Å². The summed E-state index contributed by atoms with van der Waals surface area (Å²) in [4.78, 5) is 5.80. The van der Waals surface area contributed by atoms with Gasteiger partial charge in [-0.3, -0.25) is 0 Å². The van der Waals surface area contributed by atoms with Crippen molar-refractivity contribution in [2.45, 2.75) is 0 Å². The monoisotopic (exact) mass is 216 g/mol. The first kappa shape index (κ1) is 9.54. The second-order valence-electron chi connectivity index (χ2n) is 4.24. The van der Waals surface area contributed by atoms with Gasteiger partial charge in [-0.15, -0.1) is 0 Å². The van der Waals surface area contributed by atoms with Crippen LogP contribution in [0.15, 0.2) is 24.3 Å². The van der Waals surface area contributed by atoms with E-state index in [1.54, 1.807) is 0 Å². The van der Waals surface area contributed by atoms with Crippen LogP contribution in [-0.2, 0) is 0 Å². The molecule has 4 heteroatoms. The molecule has 0 radical (unpaired) electrons. The Labute approximate surface area is 94.4 Å². The molecule has 2 aromatic rings. The average Bonchev–Trinajstić information content (AvgIpc) is 2.73. The Morgan fingerprint density at radius 2 is 1.94 bits per heavy atom. The molecule has 0 unspecified atom stereocenters. The standard InChI is InChI=1S/C12H16N4/c13-10-1-2-11-9(7-10)8-12(15-11)16-5-3-14-4-6-16/h1-2,7-8,14-15H,3-6,13H2. The predicted octanol–water partition coefficient (Wildman–Crippen LogP) is 1.16. The van der Waals surface area contributed by atoms with Gasteiger partial charge in [0.2, 0.25) is 0 Å². The molecule has 0 aliphatic carbocycles. The summed E-state index contributed by atoms with van der Waals surface area (Å²) in [6.07, 6.45) is 0. The number of hydrogen-bond donors (Lipinski definition) is 3. The Morgan fingerprint density at radius 3 is 2.75 bits per heavy atom. The molecule has 3 rings (SSSR count). The minimum absolute atomic E-state index is 0.818. The lowest BCUT2D eigenvalue weighted by molar-refractivity contribution is 0.586. The van der Waals surface area contributed by atoms with Crippen molar-refractivity contribution < 1.29 is 0 Å². The highest BCUT2D eigenvalue weighted by Gasteiger charge is 2.12. The molecule has 1 fully saturated rings. The largest absolute Gasteiger partial charge is 0.399 e. The Kier molecular flexibility index (Phi) is 2.22. The summed E-state index contributed by atoms with van der Waals surface area (Å²) in [7, 11) is 0. The van der Waals surface area contributed by atoms with Crippen molar-refractivity contribution in [3.63, 3.8) is 0 Å². The van der Waals surface area contributed by atoms with Gasteiger partial charge in [0.05, 0.1) is 0 Å². The molecule has 1 aliphatic heterocycles. The second kappa shape index (κ2) is 3.72. The van der Waals surface area contributed by atoms with Crippen LogP contribution in [0.2, 0.25) is 0 Å². The first-order valence-electron chi connectivity index (χ1n) is 5.67. The number of anilines is 2. The second-order valence-corrected chi connectivity index (χ2v) is 4.24. The maximum Gasteiger partial charge on any atom is 0.106 e. The van der Waals surface area contributed by atoms with Gasteiger partial charge in [0.1, 0.15) is 5.82 Å². The third kappa shape index (κ3) is 1.61. The molecule has 0 saturated carbocycles. The zero-order valence-electron chi connectivity index (χ0n) is 9.16. The number of aromatic nitrogens is 1. The molecule has 1 aliphatic rings. The highest BCUT2D eigenvalue weighted by molar-refractivity contribution is 5.86. The molecule has 4 N–H and O–H groups in total. The average molecular weight is 216 g/mol. The Bertz CT molecular complexity index is 497. The van der Waals surface area contributed by atoms with Crippen molar-refractivity contribution in [1.29, 1.82) is 0 Å². The van der Waals surface area contributed by atoms with Crippen molar-refractivity contribution >= 4 is 22.4 Å². The number of rotatable bonds is 1. The Balaban J connectivity index is 1.97. The molecule has 16 heavy (non-hydrogen) atoms. The molecule has 1 aromatic carbocycles. The lowest BCUT2D eigenvalue weighted by atomic mass is 10.2. The number of nitrogens with two attached hydrogens (primary N) is 1. The van der Waals surface area contributed by atoms with Gasteiger partial charge in [0.25, 0.3) is 0 Å². The maximum absolute atomic E-state index is 5.77. The van der Waals surface area contributed by atoms with E-state index in [0.29, 0.717) is 0 Å². The Morgan fingerprint density at radius 1 is 1.12 bits per heavy atom. The smallest absolute Gasteiger partial charge is 0.106 e. The third-order valence-electron chi connectivity index (χ3n) is 3.09. The minimum atomic E-state index is 0.818. The van der Waals surface area contributed by atoms with Crippen LogP contribution < -0.4 is 16.0 Å². The number of nitrogens with one attached hydrogen (secondary N) is 2. The van der Waals surface area contributed by atoms with Gasteiger partial charge in [-0.2, -0.15) is 0 Å². The topological polar surface area (TPSA) is 57.1 Å². The fraction of sp³-hybridized carbons (Fsp3) is 0.333. The van der Waals surface area contributed by atoms with Crippen LogP contribution in [0.1, 0.15) is 0 Å². The molecule has 0 atom stereocenters. The fourth-order valence-corrected chi connectivity index (χ4v) is 2.21. The summed E-state index contributed by atoms with van der Waals surface area (Å²) in [5.41, 5.74) is 7.75. The number of nitrogens with zero attached hydrogens (tertiary/aromatic N) is 1. The summed E-state index contributed by atoms with van der Waals surface area (Å²) < 4.78 is 0. The van der Waals surface area contributed by atoms with E-state index < -0.39 is 0 Å². The first-order valence-corrected chi connectivity index (χ1v) is 5.67.